The molecule has 158 valence electrons. The van der Waals surface area contributed by atoms with Gasteiger partial charge in [0, 0.05) is 37.7 Å². The Morgan fingerprint density at radius 2 is 1.93 bits per heavy atom. The molecule has 1 saturated carbocycles. The fourth-order valence-corrected chi connectivity index (χ4v) is 4.31. The summed E-state index contributed by atoms with van der Waals surface area (Å²) in [6.07, 6.45) is 6.09. The number of nitrogens with zero attached hydrogens (tertiary/aromatic N) is 1. The average Bonchev–Trinajstić information content (AvgIpc) is 3.43. The van der Waals surface area contributed by atoms with E-state index in [4.69, 9.17) is 9.47 Å². The first-order valence-corrected chi connectivity index (χ1v) is 11.0. The summed E-state index contributed by atoms with van der Waals surface area (Å²) in [7, 11) is 0. The summed E-state index contributed by atoms with van der Waals surface area (Å²) in [5.41, 5.74) is 3.80. The molecule has 5 rings (SSSR count). The summed E-state index contributed by atoms with van der Waals surface area (Å²) >= 11 is 0. The third kappa shape index (κ3) is 4.33. The van der Waals surface area contributed by atoms with Gasteiger partial charge in [-0.2, -0.15) is 0 Å². The first-order valence-electron chi connectivity index (χ1n) is 11.0. The summed E-state index contributed by atoms with van der Waals surface area (Å²) in [5.74, 6) is 1.10. The van der Waals surface area contributed by atoms with Gasteiger partial charge in [-0.05, 0) is 61.3 Å². The standard InChI is InChI=1S/C24H27FN2O3/c25-20-13-16(3-4-17(20)11-15-1-2-15)12-18-14-22(27-21-7-10-30-23(18)21)24(28)26-19-5-8-29-9-6-19/h3-4,13-15,19H,1-2,5-12H2,(H,26,28). The smallest absolute Gasteiger partial charge is 0.270 e. The van der Waals surface area contributed by atoms with Crippen molar-refractivity contribution in [3.8, 4) is 5.75 Å². The summed E-state index contributed by atoms with van der Waals surface area (Å²) in [4.78, 5) is 17.4. The molecule has 2 aromatic rings. The van der Waals surface area contributed by atoms with Gasteiger partial charge in [0.2, 0.25) is 0 Å². The molecular formula is C24H27FN2O3. The number of carbonyl (C=O) groups is 1. The molecule has 6 heteroatoms. The lowest BCUT2D eigenvalue weighted by Crippen LogP contribution is -2.39. The topological polar surface area (TPSA) is 60.5 Å². The molecule has 1 N–H and O–H groups in total. The summed E-state index contributed by atoms with van der Waals surface area (Å²) < 4.78 is 25.7. The van der Waals surface area contributed by atoms with Crippen LogP contribution < -0.4 is 10.1 Å². The van der Waals surface area contributed by atoms with Crippen molar-refractivity contribution in [3.63, 3.8) is 0 Å². The minimum absolute atomic E-state index is 0.120. The number of pyridine rings is 1. The molecule has 5 nitrogen and oxygen atoms in total. The van der Waals surface area contributed by atoms with Crippen molar-refractivity contribution in [2.75, 3.05) is 19.8 Å². The summed E-state index contributed by atoms with van der Waals surface area (Å²) in [5, 5.41) is 3.08. The molecule has 0 radical (unpaired) electrons. The molecule has 0 spiro atoms. The van der Waals surface area contributed by atoms with Crippen LogP contribution in [0.25, 0.3) is 0 Å². The lowest BCUT2D eigenvalue weighted by Gasteiger charge is -2.23. The number of halogens is 1. The lowest BCUT2D eigenvalue weighted by atomic mass is 9.99. The van der Waals surface area contributed by atoms with Crippen molar-refractivity contribution in [2.24, 2.45) is 5.92 Å². The van der Waals surface area contributed by atoms with E-state index in [0.717, 1.165) is 47.4 Å². The van der Waals surface area contributed by atoms with Crippen molar-refractivity contribution in [3.05, 3.63) is 58.2 Å². The number of amides is 1. The molecule has 1 aliphatic carbocycles. The highest BCUT2D eigenvalue weighted by molar-refractivity contribution is 5.93. The maximum atomic E-state index is 14.6. The van der Waals surface area contributed by atoms with Crippen LogP contribution in [0.15, 0.2) is 24.3 Å². The van der Waals surface area contributed by atoms with E-state index in [1.165, 1.54) is 12.8 Å². The van der Waals surface area contributed by atoms with Crippen LogP contribution in [-0.2, 0) is 24.0 Å². The normalized spacial score (nSPS) is 18.7. The van der Waals surface area contributed by atoms with Crippen LogP contribution in [0.3, 0.4) is 0 Å². The molecule has 0 atom stereocenters. The van der Waals surface area contributed by atoms with Gasteiger partial charge in [-0.1, -0.05) is 12.1 Å². The Bertz CT molecular complexity index is 952. The van der Waals surface area contributed by atoms with Crippen molar-refractivity contribution < 1.29 is 18.7 Å². The first kappa shape index (κ1) is 19.5. The molecule has 3 aliphatic rings. The van der Waals surface area contributed by atoms with Crippen molar-refractivity contribution in [2.45, 2.75) is 51.0 Å². The van der Waals surface area contributed by atoms with E-state index in [-0.39, 0.29) is 17.8 Å². The molecule has 30 heavy (non-hydrogen) atoms. The zero-order chi connectivity index (χ0) is 20.5. The number of ether oxygens (including phenoxy) is 2. The number of rotatable bonds is 6. The van der Waals surface area contributed by atoms with E-state index in [1.807, 2.05) is 12.1 Å². The molecule has 1 aromatic carbocycles. The van der Waals surface area contributed by atoms with Gasteiger partial charge in [-0.15, -0.1) is 0 Å². The van der Waals surface area contributed by atoms with Crippen molar-refractivity contribution in [1.82, 2.24) is 10.3 Å². The number of fused-ring (bicyclic) bond motifs is 1. The molecule has 0 bridgehead atoms. The Balaban J connectivity index is 1.36. The van der Waals surface area contributed by atoms with Gasteiger partial charge in [0.25, 0.3) is 5.91 Å². The predicted octanol–water partition coefficient (Wildman–Crippen LogP) is 3.61. The van der Waals surface area contributed by atoms with Crippen molar-refractivity contribution in [1.29, 1.82) is 0 Å². The monoisotopic (exact) mass is 410 g/mol. The Labute approximate surface area is 176 Å². The number of carbonyl (C=O) groups excluding carboxylic acids is 1. The largest absolute Gasteiger partial charge is 0.491 e. The van der Waals surface area contributed by atoms with Crippen molar-refractivity contribution >= 4 is 5.91 Å². The Morgan fingerprint density at radius 3 is 2.70 bits per heavy atom. The van der Waals surface area contributed by atoms with Crippen LogP contribution in [0.1, 0.15) is 58.6 Å². The SMILES string of the molecule is O=C(NC1CCOCC1)c1cc(Cc2ccc(CC3CC3)c(F)c2)c2c(n1)CCO2. The second-order valence-corrected chi connectivity index (χ2v) is 8.65. The molecule has 1 saturated heterocycles. The Hall–Kier alpha value is -2.47. The Morgan fingerprint density at radius 1 is 1.10 bits per heavy atom. The zero-order valence-electron chi connectivity index (χ0n) is 17.1. The van der Waals surface area contributed by atoms with Crippen LogP contribution >= 0.6 is 0 Å². The minimum atomic E-state index is -0.163. The predicted molar refractivity (Wildman–Crippen MR) is 110 cm³/mol. The second kappa shape index (κ2) is 8.34. The van der Waals surface area contributed by atoms with Crippen LogP contribution in [0, 0.1) is 11.7 Å². The van der Waals surface area contributed by atoms with Crippen LogP contribution in [0.5, 0.6) is 5.75 Å². The summed E-state index contributed by atoms with van der Waals surface area (Å²) in [6.45, 7) is 1.91. The van der Waals surface area contributed by atoms with Gasteiger partial charge in [0.15, 0.2) is 0 Å². The van der Waals surface area contributed by atoms with Gasteiger partial charge in [0.1, 0.15) is 17.3 Å². The fraction of sp³-hybridized carbons (Fsp3) is 0.500. The average molecular weight is 410 g/mol. The highest BCUT2D eigenvalue weighted by Gasteiger charge is 2.25. The minimum Gasteiger partial charge on any atom is -0.491 e. The van der Waals surface area contributed by atoms with Gasteiger partial charge in [-0.25, -0.2) is 9.37 Å². The first-order chi connectivity index (χ1) is 14.7. The number of nitrogens with one attached hydrogen (secondary N) is 1. The van der Waals surface area contributed by atoms with Gasteiger partial charge in [-0.3, -0.25) is 4.79 Å². The third-order valence-corrected chi connectivity index (χ3v) is 6.21. The van der Waals surface area contributed by atoms with E-state index in [1.54, 1.807) is 12.1 Å². The number of hydrogen-bond donors (Lipinski definition) is 1. The highest BCUT2D eigenvalue weighted by Crippen LogP contribution is 2.34. The molecular weight excluding hydrogens is 383 g/mol. The maximum absolute atomic E-state index is 14.6. The number of benzene rings is 1. The third-order valence-electron chi connectivity index (χ3n) is 6.21. The highest BCUT2D eigenvalue weighted by atomic mass is 19.1. The van der Waals surface area contributed by atoms with Gasteiger partial charge < -0.3 is 14.8 Å². The van der Waals surface area contributed by atoms with Crippen LogP contribution in [0.4, 0.5) is 4.39 Å². The van der Waals surface area contributed by atoms with Crippen LogP contribution in [0.2, 0.25) is 0 Å². The molecule has 1 amide bonds. The molecule has 0 unspecified atom stereocenters. The van der Waals surface area contributed by atoms with E-state index in [9.17, 15) is 9.18 Å². The number of aromatic nitrogens is 1. The van der Waals surface area contributed by atoms with E-state index in [2.05, 4.69) is 10.3 Å². The molecule has 2 aliphatic heterocycles. The fourth-order valence-electron chi connectivity index (χ4n) is 4.31. The molecule has 2 fully saturated rings. The number of hydrogen-bond acceptors (Lipinski definition) is 4. The zero-order valence-corrected chi connectivity index (χ0v) is 17.1. The summed E-state index contributed by atoms with van der Waals surface area (Å²) in [6, 6.07) is 7.44. The van der Waals surface area contributed by atoms with Gasteiger partial charge in [0.05, 0.1) is 12.3 Å². The Kier molecular flexibility index (Phi) is 5.42. The van der Waals surface area contributed by atoms with E-state index >= 15 is 0 Å². The lowest BCUT2D eigenvalue weighted by molar-refractivity contribution is 0.0694. The molecule has 3 heterocycles. The maximum Gasteiger partial charge on any atom is 0.270 e. The van der Waals surface area contributed by atoms with E-state index in [0.29, 0.717) is 44.3 Å². The van der Waals surface area contributed by atoms with E-state index < -0.39 is 0 Å². The van der Waals surface area contributed by atoms with Gasteiger partial charge >= 0.3 is 0 Å². The second-order valence-electron chi connectivity index (χ2n) is 8.65. The quantitative estimate of drug-likeness (QED) is 0.790. The van der Waals surface area contributed by atoms with Crippen LogP contribution in [-0.4, -0.2) is 36.8 Å². The molecule has 1 aromatic heterocycles.